The van der Waals surface area contributed by atoms with Gasteiger partial charge in [-0.2, -0.15) is 0 Å². The van der Waals surface area contributed by atoms with E-state index in [4.69, 9.17) is 4.74 Å². The quantitative estimate of drug-likeness (QED) is 0.621. The topological polar surface area (TPSA) is 32.7 Å². The molecule has 0 bridgehead atoms. The van der Waals surface area contributed by atoms with Crippen LogP contribution in [0.25, 0.3) is 0 Å². The number of hydrogen-bond donors (Lipinski definition) is 1. The second-order valence-corrected chi connectivity index (χ2v) is 3.50. The van der Waals surface area contributed by atoms with Gasteiger partial charge in [0.25, 0.3) is 0 Å². The summed E-state index contributed by atoms with van der Waals surface area (Å²) in [5.74, 6) is 0. The zero-order valence-corrected chi connectivity index (χ0v) is 9.12. The van der Waals surface area contributed by atoms with Crippen LogP contribution in [-0.2, 0) is 4.74 Å². The summed E-state index contributed by atoms with van der Waals surface area (Å²) in [4.78, 5) is 2.23. The summed E-state index contributed by atoms with van der Waals surface area (Å²) in [6.45, 7) is 4.81. The lowest BCUT2D eigenvalue weighted by Crippen LogP contribution is -2.24. The number of hydrogen-bond acceptors (Lipinski definition) is 3. The third-order valence-corrected chi connectivity index (χ3v) is 2.23. The Morgan fingerprint density at radius 1 is 1.38 bits per heavy atom. The maximum Gasteiger partial charge on any atom is 0.0589 e. The molecule has 0 aliphatic rings. The molecule has 0 rings (SSSR count). The van der Waals surface area contributed by atoms with Gasteiger partial charge in [0.05, 0.1) is 12.7 Å². The van der Waals surface area contributed by atoms with Crippen molar-refractivity contribution >= 4 is 0 Å². The first-order valence-corrected chi connectivity index (χ1v) is 5.06. The summed E-state index contributed by atoms with van der Waals surface area (Å²) in [6.07, 6.45) is 2.72. The number of methoxy groups -OCH3 is 1. The lowest BCUT2D eigenvalue weighted by atomic mass is 10.1. The van der Waals surface area contributed by atoms with Crippen molar-refractivity contribution in [1.29, 1.82) is 0 Å². The number of nitrogens with zero attached hydrogens (tertiary/aromatic N) is 1. The summed E-state index contributed by atoms with van der Waals surface area (Å²) in [6, 6.07) is 0. The second kappa shape index (κ2) is 8.48. The van der Waals surface area contributed by atoms with Crippen LogP contribution in [0.4, 0.5) is 0 Å². The fraction of sp³-hybridized carbons (Fsp3) is 1.00. The van der Waals surface area contributed by atoms with E-state index in [0.29, 0.717) is 0 Å². The van der Waals surface area contributed by atoms with E-state index in [1.165, 1.54) is 0 Å². The Kier molecular flexibility index (Phi) is 8.40. The highest BCUT2D eigenvalue weighted by molar-refractivity contribution is 4.56. The van der Waals surface area contributed by atoms with Gasteiger partial charge < -0.3 is 14.7 Å². The molecule has 1 N–H and O–H groups in total. The molecule has 80 valence electrons. The Morgan fingerprint density at radius 3 is 2.62 bits per heavy atom. The van der Waals surface area contributed by atoms with E-state index in [2.05, 4.69) is 11.9 Å². The Balaban J connectivity index is 3.21. The van der Waals surface area contributed by atoms with Crippen molar-refractivity contribution in [1.82, 2.24) is 4.90 Å². The van der Waals surface area contributed by atoms with Gasteiger partial charge in [0.2, 0.25) is 0 Å². The first kappa shape index (κ1) is 12.9. The maximum atomic E-state index is 9.30. The van der Waals surface area contributed by atoms with E-state index in [1.807, 2.05) is 6.92 Å². The number of aliphatic hydroxyl groups is 1. The van der Waals surface area contributed by atoms with E-state index in [1.54, 1.807) is 7.11 Å². The van der Waals surface area contributed by atoms with Crippen LogP contribution in [0.3, 0.4) is 0 Å². The summed E-state index contributed by atoms with van der Waals surface area (Å²) in [7, 11) is 3.80. The van der Waals surface area contributed by atoms with Crippen molar-refractivity contribution in [2.75, 3.05) is 33.9 Å². The van der Waals surface area contributed by atoms with Gasteiger partial charge in [0.15, 0.2) is 0 Å². The minimum absolute atomic E-state index is 0.115. The summed E-state index contributed by atoms with van der Waals surface area (Å²) < 4.78 is 4.97. The highest BCUT2D eigenvalue weighted by Crippen LogP contribution is 2.01. The van der Waals surface area contributed by atoms with Crippen molar-refractivity contribution in [3.63, 3.8) is 0 Å². The molecule has 0 spiro atoms. The molecular formula is C10H23NO2. The Hall–Kier alpha value is -0.120. The molecule has 0 aromatic rings. The van der Waals surface area contributed by atoms with Gasteiger partial charge >= 0.3 is 0 Å². The van der Waals surface area contributed by atoms with Crippen LogP contribution in [0.2, 0.25) is 0 Å². The van der Waals surface area contributed by atoms with Crippen LogP contribution in [-0.4, -0.2) is 50.0 Å². The van der Waals surface area contributed by atoms with Gasteiger partial charge in [0.1, 0.15) is 0 Å². The van der Waals surface area contributed by atoms with E-state index >= 15 is 0 Å². The Bertz CT molecular complexity index is 109. The molecule has 1 atom stereocenters. The van der Waals surface area contributed by atoms with Gasteiger partial charge in [0, 0.05) is 13.7 Å². The zero-order valence-electron chi connectivity index (χ0n) is 9.12. The Labute approximate surface area is 81.7 Å². The minimum Gasteiger partial charge on any atom is -0.393 e. The molecule has 0 heterocycles. The molecule has 0 aliphatic carbocycles. The number of ether oxygens (including phenoxy) is 1. The Morgan fingerprint density at radius 2 is 2.08 bits per heavy atom. The number of aliphatic hydroxyl groups excluding tert-OH is 1. The van der Waals surface area contributed by atoms with Gasteiger partial charge in [-0.25, -0.2) is 0 Å². The molecule has 0 amide bonds. The smallest absolute Gasteiger partial charge is 0.0589 e. The maximum absolute atomic E-state index is 9.30. The summed E-state index contributed by atoms with van der Waals surface area (Å²) in [5, 5.41) is 9.30. The van der Waals surface area contributed by atoms with Crippen LogP contribution in [0.5, 0.6) is 0 Å². The fourth-order valence-corrected chi connectivity index (χ4v) is 1.16. The first-order valence-electron chi connectivity index (χ1n) is 5.06. The minimum atomic E-state index is -0.115. The predicted octanol–water partition coefficient (Wildman–Crippen LogP) is 1.12. The molecule has 0 saturated carbocycles. The van der Waals surface area contributed by atoms with Gasteiger partial charge in [-0.3, -0.25) is 0 Å². The van der Waals surface area contributed by atoms with Crippen molar-refractivity contribution < 1.29 is 9.84 Å². The summed E-state index contributed by atoms with van der Waals surface area (Å²) in [5.41, 5.74) is 0. The molecule has 0 radical (unpaired) electrons. The normalized spacial score (nSPS) is 13.6. The predicted molar refractivity (Wildman–Crippen MR) is 54.9 cm³/mol. The van der Waals surface area contributed by atoms with Gasteiger partial charge in [-0.05, 0) is 32.9 Å². The van der Waals surface area contributed by atoms with Crippen molar-refractivity contribution in [2.45, 2.75) is 32.3 Å². The molecule has 1 unspecified atom stereocenters. The average Bonchev–Trinajstić information content (AvgIpc) is 2.14. The number of rotatable bonds is 8. The van der Waals surface area contributed by atoms with Crippen LogP contribution in [0.1, 0.15) is 26.2 Å². The van der Waals surface area contributed by atoms with Crippen LogP contribution >= 0.6 is 0 Å². The molecule has 3 nitrogen and oxygen atoms in total. The molecule has 0 fully saturated rings. The van der Waals surface area contributed by atoms with Crippen molar-refractivity contribution in [2.24, 2.45) is 0 Å². The standard InChI is InChI=1S/C10H23NO2/c1-4-10(12)6-5-7-11(2)8-9-13-3/h10,12H,4-9H2,1-3H3. The average molecular weight is 189 g/mol. The third kappa shape index (κ3) is 8.22. The van der Waals surface area contributed by atoms with Crippen LogP contribution in [0, 0.1) is 0 Å². The fourth-order valence-electron chi connectivity index (χ4n) is 1.16. The second-order valence-electron chi connectivity index (χ2n) is 3.50. The van der Waals surface area contributed by atoms with Crippen molar-refractivity contribution in [3.05, 3.63) is 0 Å². The van der Waals surface area contributed by atoms with Gasteiger partial charge in [-0.15, -0.1) is 0 Å². The first-order chi connectivity index (χ1) is 6.20. The molecule has 3 heteroatoms. The lowest BCUT2D eigenvalue weighted by Gasteiger charge is -2.16. The highest BCUT2D eigenvalue weighted by atomic mass is 16.5. The zero-order chi connectivity index (χ0) is 10.1. The summed E-state index contributed by atoms with van der Waals surface area (Å²) >= 11 is 0. The van der Waals surface area contributed by atoms with E-state index in [0.717, 1.165) is 39.0 Å². The number of likely N-dealkylation sites (N-methyl/N-ethyl adjacent to an activating group) is 1. The van der Waals surface area contributed by atoms with Crippen LogP contribution in [0.15, 0.2) is 0 Å². The molecule has 0 aromatic carbocycles. The van der Waals surface area contributed by atoms with Crippen molar-refractivity contribution in [3.8, 4) is 0 Å². The molecule has 0 aromatic heterocycles. The monoisotopic (exact) mass is 189 g/mol. The molecule has 0 saturated heterocycles. The SMILES string of the molecule is CCC(O)CCCN(C)CCOC. The third-order valence-electron chi connectivity index (χ3n) is 2.23. The van der Waals surface area contributed by atoms with E-state index in [9.17, 15) is 5.11 Å². The van der Waals surface area contributed by atoms with E-state index < -0.39 is 0 Å². The molecule has 13 heavy (non-hydrogen) atoms. The molecule has 0 aliphatic heterocycles. The van der Waals surface area contributed by atoms with E-state index in [-0.39, 0.29) is 6.10 Å². The lowest BCUT2D eigenvalue weighted by molar-refractivity contribution is 0.140. The van der Waals surface area contributed by atoms with Crippen LogP contribution < -0.4 is 0 Å². The highest BCUT2D eigenvalue weighted by Gasteiger charge is 2.02. The van der Waals surface area contributed by atoms with Gasteiger partial charge in [-0.1, -0.05) is 6.92 Å². The molecular weight excluding hydrogens is 166 g/mol. The largest absolute Gasteiger partial charge is 0.393 e.